The van der Waals surface area contributed by atoms with Crippen LogP contribution in [0.3, 0.4) is 0 Å². The number of anilines is 1. The first-order valence-corrected chi connectivity index (χ1v) is 6.70. The molecule has 0 unspecified atom stereocenters. The Balaban J connectivity index is 2.06. The molecule has 0 saturated heterocycles. The van der Waals surface area contributed by atoms with Gasteiger partial charge in [0.05, 0.1) is 17.1 Å². The van der Waals surface area contributed by atoms with Crippen LogP contribution >= 0.6 is 0 Å². The van der Waals surface area contributed by atoms with E-state index < -0.39 is 10.9 Å². The van der Waals surface area contributed by atoms with E-state index >= 15 is 0 Å². The number of carbonyl (C=O) groups is 1. The molecule has 0 aliphatic heterocycles. The second kappa shape index (κ2) is 5.90. The second-order valence-corrected chi connectivity index (χ2v) is 5.22. The molecule has 1 aliphatic rings. The molecule has 1 fully saturated rings. The Bertz CT molecular complexity index is 538. The normalized spacial score (nSPS) is 14.7. The Labute approximate surface area is 117 Å². The summed E-state index contributed by atoms with van der Waals surface area (Å²) in [5.74, 6) is 0.0561. The van der Waals surface area contributed by atoms with Crippen molar-refractivity contribution in [2.24, 2.45) is 5.92 Å². The van der Waals surface area contributed by atoms with Gasteiger partial charge in [-0.15, -0.1) is 0 Å². The van der Waals surface area contributed by atoms with Crippen molar-refractivity contribution in [1.82, 2.24) is 0 Å². The van der Waals surface area contributed by atoms with Gasteiger partial charge < -0.3 is 10.5 Å². The zero-order chi connectivity index (χ0) is 14.7. The van der Waals surface area contributed by atoms with Gasteiger partial charge in [0.15, 0.2) is 0 Å². The summed E-state index contributed by atoms with van der Waals surface area (Å²) in [7, 11) is 0. The van der Waals surface area contributed by atoms with Crippen LogP contribution in [0.1, 0.15) is 41.6 Å². The Morgan fingerprint density at radius 2 is 2.20 bits per heavy atom. The molecule has 6 nitrogen and oxygen atoms in total. The first-order chi connectivity index (χ1) is 9.49. The zero-order valence-corrected chi connectivity index (χ0v) is 11.4. The van der Waals surface area contributed by atoms with Crippen LogP contribution in [0.4, 0.5) is 11.4 Å². The Kier molecular flexibility index (Phi) is 4.22. The molecule has 1 saturated carbocycles. The molecule has 0 radical (unpaired) electrons. The van der Waals surface area contributed by atoms with E-state index in [1.165, 1.54) is 31.4 Å². The molecule has 0 aromatic heterocycles. The molecule has 1 aromatic carbocycles. The number of esters is 1. The number of rotatable bonds is 5. The predicted molar refractivity (Wildman–Crippen MR) is 74.5 cm³/mol. The minimum absolute atomic E-state index is 0.0744. The van der Waals surface area contributed by atoms with E-state index in [0.29, 0.717) is 18.1 Å². The summed E-state index contributed by atoms with van der Waals surface area (Å²) in [5, 5.41) is 10.9. The van der Waals surface area contributed by atoms with Gasteiger partial charge in [0.1, 0.15) is 5.69 Å². The third kappa shape index (κ3) is 3.07. The summed E-state index contributed by atoms with van der Waals surface area (Å²) in [5.41, 5.74) is 5.98. The number of nitrogen functional groups attached to an aromatic ring is 1. The predicted octanol–water partition coefficient (Wildman–Crippen LogP) is 2.83. The minimum atomic E-state index is -0.590. The quantitative estimate of drug-likeness (QED) is 0.386. The van der Waals surface area contributed by atoms with Crippen LogP contribution in [0.5, 0.6) is 0 Å². The molecule has 6 heteroatoms. The maximum atomic E-state index is 12.0. The Morgan fingerprint density at radius 3 is 2.75 bits per heavy atom. The van der Waals surface area contributed by atoms with Gasteiger partial charge in [0, 0.05) is 6.07 Å². The fraction of sp³-hybridized carbons (Fsp3) is 0.500. The molecule has 0 bridgehead atoms. The monoisotopic (exact) mass is 278 g/mol. The summed E-state index contributed by atoms with van der Waals surface area (Å²) in [6.45, 7) is 2.02. The van der Waals surface area contributed by atoms with Gasteiger partial charge in [0.2, 0.25) is 0 Å². The van der Waals surface area contributed by atoms with Crippen LogP contribution in [0, 0.1) is 23.0 Å². The highest BCUT2D eigenvalue weighted by Crippen LogP contribution is 2.30. The highest BCUT2D eigenvalue weighted by molar-refractivity contribution is 5.97. The van der Waals surface area contributed by atoms with Gasteiger partial charge in [-0.2, -0.15) is 0 Å². The van der Waals surface area contributed by atoms with Gasteiger partial charge >= 0.3 is 5.97 Å². The average molecular weight is 278 g/mol. The third-order valence-electron chi connectivity index (χ3n) is 3.70. The molecule has 1 aliphatic carbocycles. The summed E-state index contributed by atoms with van der Waals surface area (Å²) in [6, 6.07) is 2.87. The molecule has 0 spiro atoms. The summed E-state index contributed by atoms with van der Waals surface area (Å²) >= 11 is 0. The number of nitro benzene ring substituents is 1. The van der Waals surface area contributed by atoms with Crippen LogP contribution in [0.15, 0.2) is 12.1 Å². The maximum absolute atomic E-state index is 12.0. The molecule has 1 aromatic rings. The smallest absolute Gasteiger partial charge is 0.340 e. The van der Waals surface area contributed by atoms with Crippen LogP contribution < -0.4 is 5.73 Å². The van der Waals surface area contributed by atoms with Crippen molar-refractivity contribution in [1.29, 1.82) is 0 Å². The second-order valence-electron chi connectivity index (χ2n) is 5.22. The first kappa shape index (κ1) is 14.3. The number of nitrogens with zero attached hydrogens (tertiary/aromatic N) is 1. The molecule has 20 heavy (non-hydrogen) atoms. The van der Waals surface area contributed by atoms with E-state index in [1.54, 1.807) is 6.92 Å². The SMILES string of the molecule is Cc1cc(C(=O)OCCC2CCC2)c(N)c([N+](=O)[O-])c1. The van der Waals surface area contributed by atoms with Crippen LogP contribution in [0.2, 0.25) is 0 Å². The third-order valence-corrected chi connectivity index (χ3v) is 3.70. The Morgan fingerprint density at radius 1 is 1.50 bits per heavy atom. The Hall–Kier alpha value is -2.11. The largest absolute Gasteiger partial charge is 0.462 e. The maximum Gasteiger partial charge on any atom is 0.340 e. The lowest BCUT2D eigenvalue weighted by atomic mass is 9.83. The molecular formula is C14H18N2O4. The number of hydrogen-bond acceptors (Lipinski definition) is 5. The van der Waals surface area contributed by atoms with Gasteiger partial charge in [-0.1, -0.05) is 19.3 Å². The average Bonchev–Trinajstić information content (AvgIpc) is 2.34. The highest BCUT2D eigenvalue weighted by atomic mass is 16.6. The van der Waals surface area contributed by atoms with Crippen molar-refractivity contribution in [3.63, 3.8) is 0 Å². The minimum Gasteiger partial charge on any atom is -0.462 e. The molecular weight excluding hydrogens is 260 g/mol. The van der Waals surface area contributed by atoms with E-state index in [0.717, 1.165) is 6.42 Å². The topological polar surface area (TPSA) is 95.5 Å². The van der Waals surface area contributed by atoms with E-state index in [-0.39, 0.29) is 16.9 Å². The lowest BCUT2D eigenvalue weighted by Gasteiger charge is -2.24. The van der Waals surface area contributed by atoms with Gasteiger partial charge in [-0.25, -0.2) is 4.79 Å². The lowest BCUT2D eigenvalue weighted by Crippen LogP contribution is -2.16. The lowest BCUT2D eigenvalue weighted by molar-refractivity contribution is -0.384. The molecule has 108 valence electrons. The number of hydrogen-bond donors (Lipinski definition) is 1. The fourth-order valence-corrected chi connectivity index (χ4v) is 2.28. The summed E-state index contributed by atoms with van der Waals surface area (Å²) in [4.78, 5) is 22.2. The molecule has 2 rings (SSSR count). The van der Waals surface area contributed by atoms with E-state index in [9.17, 15) is 14.9 Å². The van der Waals surface area contributed by atoms with Gasteiger partial charge in [-0.3, -0.25) is 10.1 Å². The van der Waals surface area contributed by atoms with E-state index in [4.69, 9.17) is 10.5 Å². The first-order valence-electron chi connectivity index (χ1n) is 6.70. The summed E-state index contributed by atoms with van der Waals surface area (Å²) in [6.07, 6.45) is 4.47. The van der Waals surface area contributed by atoms with Crippen molar-refractivity contribution < 1.29 is 14.5 Å². The van der Waals surface area contributed by atoms with Crippen molar-refractivity contribution in [3.05, 3.63) is 33.4 Å². The molecule has 0 atom stereocenters. The molecule has 0 amide bonds. The number of ether oxygens (including phenoxy) is 1. The van der Waals surface area contributed by atoms with Crippen molar-refractivity contribution >= 4 is 17.3 Å². The zero-order valence-electron chi connectivity index (χ0n) is 11.4. The number of carbonyl (C=O) groups excluding carboxylic acids is 1. The van der Waals surface area contributed by atoms with Crippen molar-refractivity contribution in [2.45, 2.75) is 32.6 Å². The van der Waals surface area contributed by atoms with E-state index in [1.807, 2.05) is 0 Å². The van der Waals surface area contributed by atoms with E-state index in [2.05, 4.69) is 0 Å². The highest BCUT2D eigenvalue weighted by Gasteiger charge is 2.22. The van der Waals surface area contributed by atoms with Crippen molar-refractivity contribution in [2.75, 3.05) is 12.3 Å². The number of benzene rings is 1. The van der Waals surface area contributed by atoms with Crippen molar-refractivity contribution in [3.8, 4) is 0 Å². The number of nitro groups is 1. The standard InChI is InChI=1S/C14H18N2O4/c1-9-7-11(13(15)12(8-9)16(18)19)14(17)20-6-5-10-3-2-4-10/h7-8,10H,2-6,15H2,1H3. The van der Waals surface area contributed by atoms with Crippen LogP contribution in [-0.2, 0) is 4.74 Å². The molecule has 2 N–H and O–H groups in total. The molecule has 0 heterocycles. The number of nitrogens with two attached hydrogens (primary N) is 1. The van der Waals surface area contributed by atoms with Gasteiger partial charge in [-0.05, 0) is 30.9 Å². The van der Waals surface area contributed by atoms with Crippen LogP contribution in [-0.4, -0.2) is 17.5 Å². The van der Waals surface area contributed by atoms with Crippen LogP contribution in [0.25, 0.3) is 0 Å². The fourth-order valence-electron chi connectivity index (χ4n) is 2.28. The number of aryl methyl sites for hydroxylation is 1. The summed E-state index contributed by atoms with van der Waals surface area (Å²) < 4.78 is 5.16. The van der Waals surface area contributed by atoms with Gasteiger partial charge in [0.25, 0.3) is 5.69 Å².